The Morgan fingerprint density at radius 1 is 1.17 bits per heavy atom. The molecule has 1 aliphatic rings. The fraction of sp³-hybridized carbons (Fsp3) is 0.500. The number of rotatable bonds is 8. The Kier molecular flexibility index (Phi) is 6.69. The molecule has 1 atom stereocenters. The van der Waals surface area contributed by atoms with Crippen LogP contribution in [0.2, 0.25) is 5.02 Å². The van der Waals surface area contributed by atoms with Crippen molar-refractivity contribution >= 4 is 17.3 Å². The summed E-state index contributed by atoms with van der Waals surface area (Å²) >= 11 is 6.25. The molecule has 1 aliphatic heterocycles. The number of benzene rings is 1. The summed E-state index contributed by atoms with van der Waals surface area (Å²) in [4.78, 5) is 4.96. The van der Waals surface area contributed by atoms with E-state index in [1.165, 1.54) is 11.3 Å². The predicted molar refractivity (Wildman–Crippen MR) is 118 cm³/mol. The van der Waals surface area contributed by atoms with Gasteiger partial charge in [0.15, 0.2) is 5.82 Å². The van der Waals surface area contributed by atoms with Gasteiger partial charge in [0.2, 0.25) is 0 Å². The smallest absolute Gasteiger partial charge is 0.168 e. The zero-order chi connectivity index (χ0) is 20.9. The molecule has 0 radical (unpaired) electrons. The molecule has 1 aromatic carbocycles. The zero-order valence-corrected chi connectivity index (χ0v) is 18.4. The van der Waals surface area contributed by atoms with E-state index in [0.717, 1.165) is 62.0 Å². The van der Waals surface area contributed by atoms with Crippen LogP contribution in [0.25, 0.3) is 0 Å². The van der Waals surface area contributed by atoms with Crippen molar-refractivity contribution in [1.82, 2.24) is 25.1 Å². The van der Waals surface area contributed by atoms with E-state index in [1.54, 1.807) is 6.26 Å². The van der Waals surface area contributed by atoms with Crippen LogP contribution < -0.4 is 4.90 Å². The van der Waals surface area contributed by atoms with Gasteiger partial charge < -0.3 is 9.32 Å². The second kappa shape index (κ2) is 9.62. The highest BCUT2D eigenvalue weighted by atomic mass is 35.5. The zero-order valence-electron chi connectivity index (χ0n) is 17.7. The molecule has 3 aromatic rings. The standard InChI is InChI=1S/C22H29ClN6O/c1-3-4-7-20(22-24-25-26-29(22)16-19-6-5-14-30-19)27-10-12-28(13-11-27)21-15-18(23)9-8-17(21)2/h5-6,8-9,14-15,20H,3-4,7,10-13,16H2,1-2H3/t20-/m0/s1. The van der Waals surface area contributed by atoms with Gasteiger partial charge in [0, 0.05) is 36.9 Å². The molecule has 0 saturated carbocycles. The average molecular weight is 429 g/mol. The van der Waals surface area contributed by atoms with Crippen LogP contribution in [0.1, 0.15) is 49.4 Å². The average Bonchev–Trinajstić information content (AvgIpc) is 3.44. The molecule has 2 aromatic heterocycles. The molecule has 4 rings (SSSR count). The summed E-state index contributed by atoms with van der Waals surface area (Å²) in [7, 11) is 0. The van der Waals surface area contributed by atoms with Gasteiger partial charge in [-0.15, -0.1) is 5.10 Å². The minimum absolute atomic E-state index is 0.206. The maximum atomic E-state index is 6.25. The molecule has 3 heterocycles. The van der Waals surface area contributed by atoms with Crippen molar-refractivity contribution in [2.75, 3.05) is 31.1 Å². The second-order valence-electron chi connectivity index (χ2n) is 7.89. The van der Waals surface area contributed by atoms with Gasteiger partial charge in [0.25, 0.3) is 0 Å². The van der Waals surface area contributed by atoms with Crippen LogP contribution in [0.5, 0.6) is 0 Å². The molecule has 7 nitrogen and oxygen atoms in total. The highest BCUT2D eigenvalue weighted by Crippen LogP contribution is 2.29. The van der Waals surface area contributed by atoms with Crippen LogP contribution in [0.4, 0.5) is 5.69 Å². The quantitative estimate of drug-likeness (QED) is 0.532. The Balaban J connectivity index is 1.49. The van der Waals surface area contributed by atoms with E-state index in [1.807, 2.05) is 22.9 Å². The lowest BCUT2D eigenvalue weighted by atomic mass is 10.1. The number of tetrazole rings is 1. The maximum absolute atomic E-state index is 6.25. The molecule has 0 bridgehead atoms. The molecule has 8 heteroatoms. The molecule has 1 fully saturated rings. The van der Waals surface area contributed by atoms with Gasteiger partial charge >= 0.3 is 0 Å². The summed E-state index contributed by atoms with van der Waals surface area (Å²) in [5.41, 5.74) is 2.49. The first-order valence-electron chi connectivity index (χ1n) is 10.7. The van der Waals surface area contributed by atoms with E-state index in [2.05, 4.69) is 51.3 Å². The van der Waals surface area contributed by atoms with Crippen LogP contribution in [-0.2, 0) is 6.54 Å². The lowest BCUT2D eigenvalue weighted by molar-refractivity contribution is 0.162. The lowest BCUT2D eigenvalue weighted by Crippen LogP contribution is -2.48. The minimum atomic E-state index is 0.206. The van der Waals surface area contributed by atoms with Gasteiger partial charge in [-0.05, 0) is 53.6 Å². The molecule has 0 N–H and O–H groups in total. The van der Waals surface area contributed by atoms with Crippen molar-refractivity contribution < 1.29 is 4.42 Å². The molecule has 1 saturated heterocycles. The number of hydrogen-bond donors (Lipinski definition) is 0. The predicted octanol–water partition coefficient (Wildman–Crippen LogP) is 4.33. The molecule has 0 aliphatic carbocycles. The number of hydrogen-bond acceptors (Lipinski definition) is 6. The normalized spacial score (nSPS) is 16.2. The number of unbranched alkanes of at least 4 members (excludes halogenated alkanes) is 1. The molecule has 160 valence electrons. The first kappa shape index (κ1) is 20.9. The number of nitrogens with zero attached hydrogens (tertiary/aromatic N) is 6. The molecular formula is C22H29ClN6O. The van der Waals surface area contributed by atoms with E-state index in [0.29, 0.717) is 6.54 Å². The molecule has 0 amide bonds. The SMILES string of the molecule is CCCC[C@@H](c1nnnn1Cc1ccco1)N1CCN(c2cc(Cl)ccc2C)CC1. The van der Waals surface area contributed by atoms with Crippen molar-refractivity contribution in [3.8, 4) is 0 Å². The van der Waals surface area contributed by atoms with Crippen LogP contribution >= 0.6 is 11.6 Å². The van der Waals surface area contributed by atoms with E-state index >= 15 is 0 Å². The van der Waals surface area contributed by atoms with Crippen LogP contribution in [0.15, 0.2) is 41.0 Å². The Morgan fingerprint density at radius 3 is 2.73 bits per heavy atom. The fourth-order valence-corrected chi connectivity index (χ4v) is 4.35. The number of aryl methyl sites for hydroxylation is 1. The highest BCUT2D eigenvalue weighted by Gasteiger charge is 2.29. The van der Waals surface area contributed by atoms with E-state index in [9.17, 15) is 0 Å². The number of halogens is 1. The Labute approximate surface area is 182 Å². The third-order valence-electron chi connectivity index (χ3n) is 5.84. The van der Waals surface area contributed by atoms with Crippen LogP contribution in [0.3, 0.4) is 0 Å². The Morgan fingerprint density at radius 2 is 2.00 bits per heavy atom. The monoisotopic (exact) mass is 428 g/mol. The van der Waals surface area contributed by atoms with Crippen LogP contribution in [0, 0.1) is 6.92 Å². The first-order valence-corrected chi connectivity index (χ1v) is 11.1. The number of furan rings is 1. The number of anilines is 1. The summed E-state index contributed by atoms with van der Waals surface area (Å²) in [5, 5.41) is 13.4. The van der Waals surface area contributed by atoms with Gasteiger partial charge in [-0.3, -0.25) is 4.90 Å². The number of piperazine rings is 1. The Hall–Kier alpha value is -2.38. The highest BCUT2D eigenvalue weighted by molar-refractivity contribution is 6.30. The second-order valence-corrected chi connectivity index (χ2v) is 8.32. The van der Waals surface area contributed by atoms with Crippen molar-refractivity contribution in [3.05, 3.63) is 58.8 Å². The largest absolute Gasteiger partial charge is 0.467 e. The van der Waals surface area contributed by atoms with E-state index < -0.39 is 0 Å². The lowest BCUT2D eigenvalue weighted by Gasteiger charge is -2.40. The Bertz CT molecular complexity index is 933. The number of aromatic nitrogens is 4. The third-order valence-corrected chi connectivity index (χ3v) is 6.08. The molecule has 30 heavy (non-hydrogen) atoms. The molecule has 0 unspecified atom stereocenters. The van der Waals surface area contributed by atoms with Gasteiger partial charge in [-0.1, -0.05) is 37.4 Å². The van der Waals surface area contributed by atoms with Crippen molar-refractivity contribution in [2.24, 2.45) is 0 Å². The van der Waals surface area contributed by atoms with E-state index in [4.69, 9.17) is 16.0 Å². The van der Waals surface area contributed by atoms with Gasteiger partial charge in [-0.25, -0.2) is 4.68 Å². The third kappa shape index (κ3) is 4.68. The van der Waals surface area contributed by atoms with Crippen molar-refractivity contribution in [1.29, 1.82) is 0 Å². The minimum Gasteiger partial charge on any atom is -0.467 e. The molecular weight excluding hydrogens is 400 g/mol. The summed E-state index contributed by atoms with van der Waals surface area (Å²) in [6.45, 7) is 8.78. The van der Waals surface area contributed by atoms with Gasteiger partial charge in [-0.2, -0.15) is 0 Å². The maximum Gasteiger partial charge on any atom is 0.168 e. The fourth-order valence-electron chi connectivity index (χ4n) is 4.18. The summed E-state index contributed by atoms with van der Waals surface area (Å²) in [5.74, 6) is 1.78. The van der Waals surface area contributed by atoms with Gasteiger partial charge in [0.1, 0.15) is 12.3 Å². The summed E-state index contributed by atoms with van der Waals surface area (Å²) < 4.78 is 7.39. The molecule has 0 spiro atoms. The van der Waals surface area contributed by atoms with E-state index in [-0.39, 0.29) is 6.04 Å². The topological polar surface area (TPSA) is 63.2 Å². The van der Waals surface area contributed by atoms with Gasteiger partial charge in [0.05, 0.1) is 12.3 Å². The van der Waals surface area contributed by atoms with Crippen molar-refractivity contribution in [3.63, 3.8) is 0 Å². The summed E-state index contributed by atoms with van der Waals surface area (Å²) in [6.07, 6.45) is 5.03. The van der Waals surface area contributed by atoms with Crippen LogP contribution in [-0.4, -0.2) is 51.3 Å². The summed E-state index contributed by atoms with van der Waals surface area (Å²) in [6, 6.07) is 10.2. The van der Waals surface area contributed by atoms with Crippen molar-refractivity contribution in [2.45, 2.75) is 45.7 Å². The first-order chi connectivity index (χ1) is 14.7.